The second-order valence-corrected chi connectivity index (χ2v) is 14.8. The normalized spacial score (nSPS) is 11.8. The van der Waals surface area contributed by atoms with Gasteiger partial charge in [-0.25, -0.2) is 0 Å². The molecular formula is C50H32N2S. The van der Waals surface area contributed by atoms with Crippen LogP contribution >= 0.6 is 11.3 Å². The highest BCUT2D eigenvalue weighted by Gasteiger charge is 2.24. The van der Waals surface area contributed by atoms with E-state index in [1.54, 1.807) is 0 Å². The molecule has 0 saturated carbocycles. The summed E-state index contributed by atoms with van der Waals surface area (Å²) >= 11 is 1.90. The molecule has 0 N–H and O–H groups in total. The summed E-state index contributed by atoms with van der Waals surface area (Å²) in [4.78, 5) is 2.39. The molecule has 0 fully saturated rings. The van der Waals surface area contributed by atoms with Gasteiger partial charge >= 0.3 is 0 Å². The molecule has 2 nitrogen and oxygen atoms in total. The third kappa shape index (κ3) is 4.71. The molecule has 0 aliphatic rings. The van der Waals surface area contributed by atoms with Crippen molar-refractivity contribution in [2.24, 2.45) is 0 Å². The van der Waals surface area contributed by atoms with Crippen molar-refractivity contribution in [2.75, 3.05) is 4.90 Å². The Morgan fingerprint density at radius 2 is 1.06 bits per heavy atom. The summed E-state index contributed by atoms with van der Waals surface area (Å²) in [6, 6.07) is 70.7. The van der Waals surface area contributed by atoms with Crippen LogP contribution in [0.2, 0.25) is 0 Å². The first-order valence-electron chi connectivity index (χ1n) is 18.1. The molecule has 248 valence electrons. The number of anilines is 3. The molecule has 0 atom stereocenters. The summed E-state index contributed by atoms with van der Waals surface area (Å²) in [7, 11) is 0. The zero-order valence-electron chi connectivity index (χ0n) is 28.8. The van der Waals surface area contributed by atoms with Gasteiger partial charge < -0.3 is 9.47 Å². The molecule has 0 aliphatic carbocycles. The highest BCUT2D eigenvalue weighted by molar-refractivity contribution is 7.26. The lowest BCUT2D eigenvalue weighted by atomic mass is 9.95. The van der Waals surface area contributed by atoms with Gasteiger partial charge in [-0.1, -0.05) is 127 Å². The van der Waals surface area contributed by atoms with E-state index in [2.05, 4.69) is 204 Å². The minimum absolute atomic E-state index is 1.11. The van der Waals surface area contributed by atoms with Crippen molar-refractivity contribution < 1.29 is 0 Å². The van der Waals surface area contributed by atoms with E-state index in [4.69, 9.17) is 0 Å². The summed E-state index contributed by atoms with van der Waals surface area (Å²) in [6.45, 7) is 0. The van der Waals surface area contributed by atoms with Gasteiger partial charge in [-0.05, 0) is 94.2 Å². The smallest absolute Gasteiger partial charge is 0.0726 e. The fourth-order valence-corrected chi connectivity index (χ4v) is 9.57. The summed E-state index contributed by atoms with van der Waals surface area (Å²) in [5, 5.41) is 7.83. The topological polar surface area (TPSA) is 8.17 Å². The molecule has 0 unspecified atom stereocenters. The first-order chi connectivity index (χ1) is 26.3. The molecule has 0 amide bonds. The lowest BCUT2D eigenvalue weighted by molar-refractivity contribution is 1.19. The Kier molecular flexibility index (Phi) is 6.76. The van der Waals surface area contributed by atoms with Crippen molar-refractivity contribution in [2.45, 2.75) is 0 Å². The highest BCUT2D eigenvalue weighted by Crippen LogP contribution is 2.49. The van der Waals surface area contributed by atoms with Gasteiger partial charge in [0.25, 0.3) is 0 Å². The Labute approximate surface area is 311 Å². The van der Waals surface area contributed by atoms with Crippen LogP contribution in [0, 0.1) is 0 Å². The molecule has 2 aromatic heterocycles. The molecule has 0 radical (unpaired) electrons. The van der Waals surface area contributed by atoms with Gasteiger partial charge in [0.05, 0.1) is 21.4 Å². The van der Waals surface area contributed by atoms with E-state index in [0.29, 0.717) is 0 Å². The predicted molar refractivity (Wildman–Crippen MR) is 228 cm³/mol. The lowest BCUT2D eigenvalue weighted by Crippen LogP contribution is -2.11. The average Bonchev–Trinajstić information content (AvgIpc) is 3.78. The monoisotopic (exact) mass is 692 g/mol. The number of benzene rings is 9. The Morgan fingerprint density at radius 3 is 1.85 bits per heavy atom. The summed E-state index contributed by atoms with van der Waals surface area (Å²) < 4.78 is 5.18. The van der Waals surface area contributed by atoms with Crippen molar-refractivity contribution >= 4 is 81.1 Å². The Balaban J connectivity index is 1.17. The Hall–Kier alpha value is -6.68. The van der Waals surface area contributed by atoms with E-state index in [1.165, 1.54) is 80.7 Å². The molecule has 0 bridgehead atoms. The third-order valence-electron chi connectivity index (χ3n) is 10.7. The fraction of sp³-hybridized carbons (Fsp3) is 0. The molecule has 11 aromatic rings. The Bertz CT molecular complexity index is 3090. The highest BCUT2D eigenvalue weighted by atomic mass is 32.1. The number of rotatable bonds is 6. The fourth-order valence-electron chi connectivity index (χ4n) is 8.35. The SMILES string of the molecule is c1ccc(-c2ccc(N(c3ccccc3)c3ccccc3-c3cc4ccc5cc6c7ccccc7sc6c6c5c4c(c3)n6-c3ccccc3)cc2)cc1. The number of aromatic nitrogens is 1. The van der Waals surface area contributed by atoms with E-state index in [-0.39, 0.29) is 0 Å². The van der Waals surface area contributed by atoms with E-state index in [9.17, 15) is 0 Å². The van der Waals surface area contributed by atoms with Crippen LogP contribution in [0.4, 0.5) is 17.1 Å². The Morgan fingerprint density at radius 1 is 0.434 bits per heavy atom. The summed E-state index contributed by atoms with van der Waals surface area (Å²) in [5.41, 5.74) is 11.8. The standard InChI is InChI=1S/C50H32N2S/c1-4-14-33(15-5-1)34-26-28-40(29-27-34)51(38-16-6-2-7-17-38)44-22-12-10-20-41(44)37-30-35-24-25-36-31-43-42-21-11-13-23-46(42)53-50(43)49-48(36)47(35)45(32-37)52(49)39-18-8-3-9-19-39/h1-32H. The van der Waals surface area contributed by atoms with Gasteiger partial charge in [0.1, 0.15) is 0 Å². The number of thiophene rings is 1. The molecule has 11 rings (SSSR count). The first kappa shape index (κ1) is 30.0. The van der Waals surface area contributed by atoms with E-state index in [1.807, 2.05) is 11.3 Å². The molecule has 0 aliphatic heterocycles. The molecule has 2 heterocycles. The van der Waals surface area contributed by atoms with Crippen molar-refractivity contribution in [3.8, 4) is 27.9 Å². The van der Waals surface area contributed by atoms with Crippen LogP contribution in [-0.4, -0.2) is 4.57 Å². The summed E-state index contributed by atoms with van der Waals surface area (Å²) in [5.74, 6) is 0. The second-order valence-electron chi connectivity index (χ2n) is 13.7. The quantitative estimate of drug-likeness (QED) is 0.158. The third-order valence-corrected chi connectivity index (χ3v) is 11.9. The predicted octanol–water partition coefficient (Wildman–Crippen LogP) is 14.5. The maximum atomic E-state index is 2.52. The lowest BCUT2D eigenvalue weighted by Gasteiger charge is -2.28. The molecule has 53 heavy (non-hydrogen) atoms. The van der Waals surface area contributed by atoms with Gasteiger partial charge in [-0.3, -0.25) is 0 Å². The minimum atomic E-state index is 1.11. The van der Waals surface area contributed by atoms with E-state index < -0.39 is 0 Å². The molecule has 0 saturated heterocycles. The number of fused-ring (bicyclic) bond motifs is 4. The maximum absolute atomic E-state index is 2.52. The molecular weight excluding hydrogens is 661 g/mol. The number of nitrogens with zero attached hydrogens (tertiary/aromatic N) is 2. The zero-order valence-corrected chi connectivity index (χ0v) is 29.6. The molecule has 0 spiro atoms. The van der Waals surface area contributed by atoms with Crippen molar-refractivity contribution in [1.29, 1.82) is 0 Å². The van der Waals surface area contributed by atoms with Crippen molar-refractivity contribution in [3.05, 3.63) is 194 Å². The van der Waals surface area contributed by atoms with Crippen LogP contribution in [0.3, 0.4) is 0 Å². The van der Waals surface area contributed by atoms with E-state index in [0.717, 1.165) is 17.1 Å². The number of hydrogen-bond donors (Lipinski definition) is 0. The molecule has 3 heteroatoms. The minimum Gasteiger partial charge on any atom is -0.310 e. The van der Waals surface area contributed by atoms with Crippen LogP contribution in [0.1, 0.15) is 0 Å². The largest absolute Gasteiger partial charge is 0.310 e. The zero-order chi connectivity index (χ0) is 34.9. The number of para-hydroxylation sites is 3. The number of hydrogen-bond acceptors (Lipinski definition) is 2. The van der Waals surface area contributed by atoms with Crippen LogP contribution in [0.25, 0.3) is 80.7 Å². The van der Waals surface area contributed by atoms with Gasteiger partial charge in [0, 0.05) is 48.9 Å². The van der Waals surface area contributed by atoms with Crippen molar-refractivity contribution in [3.63, 3.8) is 0 Å². The van der Waals surface area contributed by atoms with Crippen LogP contribution in [-0.2, 0) is 0 Å². The van der Waals surface area contributed by atoms with Crippen LogP contribution in [0.5, 0.6) is 0 Å². The van der Waals surface area contributed by atoms with Gasteiger partial charge in [0.15, 0.2) is 0 Å². The van der Waals surface area contributed by atoms with Crippen LogP contribution in [0.15, 0.2) is 194 Å². The van der Waals surface area contributed by atoms with Crippen LogP contribution < -0.4 is 4.90 Å². The van der Waals surface area contributed by atoms with Crippen molar-refractivity contribution in [1.82, 2.24) is 4.57 Å². The van der Waals surface area contributed by atoms with E-state index >= 15 is 0 Å². The summed E-state index contributed by atoms with van der Waals surface area (Å²) in [6.07, 6.45) is 0. The van der Waals surface area contributed by atoms with Gasteiger partial charge in [0.2, 0.25) is 0 Å². The van der Waals surface area contributed by atoms with Gasteiger partial charge in [-0.15, -0.1) is 11.3 Å². The molecule has 9 aromatic carbocycles. The van der Waals surface area contributed by atoms with Gasteiger partial charge in [-0.2, -0.15) is 0 Å². The maximum Gasteiger partial charge on any atom is 0.0726 e. The second kappa shape index (κ2) is 11.9. The first-order valence-corrected chi connectivity index (χ1v) is 18.9. The average molecular weight is 693 g/mol.